The molecule has 25 heavy (non-hydrogen) atoms. The zero-order chi connectivity index (χ0) is 17.2. The van der Waals surface area contributed by atoms with Crippen molar-refractivity contribution in [2.24, 2.45) is 11.8 Å². The molecule has 0 bridgehead atoms. The number of hydrogen-bond donors (Lipinski definition) is 1. The van der Waals surface area contributed by atoms with Crippen LogP contribution in [0.2, 0.25) is 0 Å². The van der Waals surface area contributed by atoms with Crippen LogP contribution in [-0.4, -0.2) is 60.1 Å². The van der Waals surface area contributed by atoms with E-state index in [2.05, 4.69) is 17.0 Å². The molecule has 0 spiro atoms. The Bertz CT molecular complexity index is 624. The van der Waals surface area contributed by atoms with Crippen molar-refractivity contribution < 1.29 is 9.90 Å². The van der Waals surface area contributed by atoms with E-state index in [0.29, 0.717) is 12.5 Å². The highest BCUT2D eigenvalue weighted by Crippen LogP contribution is 2.28. The van der Waals surface area contributed by atoms with Gasteiger partial charge in [-0.05, 0) is 74.4 Å². The fourth-order valence-corrected chi connectivity index (χ4v) is 4.88. The highest BCUT2D eigenvalue weighted by Gasteiger charge is 2.36. The van der Waals surface area contributed by atoms with E-state index in [0.717, 1.165) is 31.5 Å². The molecule has 0 radical (unpaired) electrons. The summed E-state index contributed by atoms with van der Waals surface area (Å²) in [6, 6.07) is 6.25. The molecule has 2 saturated heterocycles. The first-order chi connectivity index (χ1) is 12.2. The van der Waals surface area contributed by atoms with Gasteiger partial charge in [0, 0.05) is 37.7 Å². The summed E-state index contributed by atoms with van der Waals surface area (Å²) in [7, 11) is 0. The van der Waals surface area contributed by atoms with Crippen molar-refractivity contribution in [3.8, 4) is 0 Å². The number of aliphatic hydroxyl groups excluding tert-OH is 1. The second-order valence-corrected chi connectivity index (χ2v) is 8.11. The van der Waals surface area contributed by atoms with Gasteiger partial charge in [0.2, 0.25) is 0 Å². The lowest BCUT2D eigenvalue weighted by Crippen LogP contribution is -2.37. The number of carbonyl (C=O) groups is 1. The van der Waals surface area contributed by atoms with E-state index in [1.54, 1.807) is 0 Å². The minimum Gasteiger partial charge on any atom is -0.396 e. The van der Waals surface area contributed by atoms with Gasteiger partial charge < -0.3 is 14.9 Å². The normalized spacial score (nSPS) is 26.8. The number of hydrogen-bond acceptors (Lipinski definition) is 3. The Morgan fingerprint density at radius 3 is 2.56 bits per heavy atom. The number of nitrogens with zero attached hydrogens (tertiary/aromatic N) is 2. The second kappa shape index (κ2) is 7.46. The van der Waals surface area contributed by atoms with Crippen LogP contribution in [0.3, 0.4) is 0 Å². The quantitative estimate of drug-likeness (QED) is 0.913. The number of aliphatic hydroxyl groups is 1. The molecule has 1 N–H and O–H groups in total. The van der Waals surface area contributed by atoms with Crippen LogP contribution in [-0.2, 0) is 12.8 Å². The first kappa shape index (κ1) is 17.0. The van der Waals surface area contributed by atoms with Gasteiger partial charge in [0.05, 0.1) is 0 Å². The Morgan fingerprint density at radius 1 is 1.00 bits per heavy atom. The van der Waals surface area contributed by atoms with Crippen LogP contribution < -0.4 is 0 Å². The molecule has 2 atom stereocenters. The number of likely N-dealkylation sites (tertiary alicyclic amines) is 2. The molecule has 4 nitrogen and oxygen atoms in total. The Kier molecular flexibility index (Phi) is 5.09. The lowest BCUT2D eigenvalue weighted by molar-refractivity contribution is 0.0778. The van der Waals surface area contributed by atoms with Crippen LogP contribution in [0.1, 0.15) is 47.2 Å². The Morgan fingerprint density at radius 2 is 1.76 bits per heavy atom. The van der Waals surface area contributed by atoms with Gasteiger partial charge in [0.1, 0.15) is 0 Å². The number of carbonyl (C=O) groups excluding carboxylic acids is 1. The van der Waals surface area contributed by atoms with Crippen LogP contribution in [0.25, 0.3) is 0 Å². The van der Waals surface area contributed by atoms with Crippen molar-refractivity contribution in [2.45, 2.75) is 38.5 Å². The van der Waals surface area contributed by atoms with E-state index in [4.69, 9.17) is 0 Å². The summed E-state index contributed by atoms with van der Waals surface area (Å²) < 4.78 is 0. The molecule has 4 rings (SSSR count). The van der Waals surface area contributed by atoms with E-state index in [-0.39, 0.29) is 18.4 Å². The van der Waals surface area contributed by atoms with Crippen LogP contribution >= 0.6 is 0 Å². The first-order valence-corrected chi connectivity index (χ1v) is 9.99. The number of fused-ring (bicyclic) bond motifs is 1. The maximum atomic E-state index is 13.0. The van der Waals surface area contributed by atoms with Crippen LogP contribution in [0.15, 0.2) is 18.2 Å². The van der Waals surface area contributed by atoms with Crippen LogP contribution in [0.4, 0.5) is 0 Å². The molecule has 136 valence electrons. The zero-order valence-corrected chi connectivity index (χ0v) is 15.1. The number of benzene rings is 1. The third-order valence-corrected chi connectivity index (χ3v) is 6.39. The van der Waals surface area contributed by atoms with E-state index >= 15 is 0 Å². The van der Waals surface area contributed by atoms with Crippen molar-refractivity contribution in [3.05, 3.63) is 34.9 Å². The number of amides is 1. The summed E-state index contributed by atoms with van der Waals surface area (Å²) in [5.74, 6) is 0.774. The average Bonchev–Trinajstić information content (AvgIpc) is 3.28. The fourth-order valence-electron chi connectivity index (χ4n) is 4.88. The van der Waals surface area contributed by atoms with Crippen molar-refractivity contribution >= 4 is 5.91 Å². The van der Waals surface area contributed by atoms with Crippen molar-refractivity contribution in [3.63, 3.8) is 0 Å². The SMILES string of the molecule is O=C(c1ccc2c(c1)CCC2)N1C[C@@H](CN2CCCCC2)[C@@H](CO)C1. The molecule has 0 unspecified atom stereocenters. The Labute approximate surface area is 150 Å². The summed E-state index contributed by atoms with van der Waals surface area (Å²) in [6.07, 6.45) is 7.38. The summed E-state index contributed by atoms with van der Waals surface area (Å²) in [5, 5.41) is 9.81. The molecule has 1 aliphatic carbocycles. The van der Waals surface area contributed by atoms with E-state index in [1.165, 1.54) is 49.9 Å². The molecular formula is C21H30N2O2. The lowest BCUT2D eigenvalue weighted by Gasteiger charge is -2.30. The first-order valence-electron chi connectivity index (χ1n) is 9.99. The number of rotatable bonds is 4. The molecule has 0 saturated carbocycles. The molecule has 2 aliphatic heterocycles. The van der Waals surface area contributed by atoms with Gasteiger partial charge in [0.15, 0.2) is 0 Å². The average molecular weight is 342 g/mol. The highest BCUT2D eigenvalue weighted by atomic mass is 16.3. The largest absolute Gasteiger partial charge is 0.396 e. The van der Waals surface area contributed by atoms with Gasteiger partial charge >= 0.3 is 0 Å². The summed E-state index contributed by atoms with van der Waals surface area (Å²) in [5.41, 5.74) is 3.60. The molecule has 0 aromatic heterocycles. The van der Waals surface area contributed by atoms with Crippen LogP contribution in [0, 0.1) is 11.8 Å². The lowest BCUT2D eigenvalue weighted by atomic mass is 9.95. The number of piperidine rings is 1. The predicted molar refractivity (Wildman–Crippen MR) is 98.7 cm³/mol. The van der Waals surface area contributed by atoms with Gasteiger partial charge in [0.25, 0.3) is 5.91 Å². The predicted octanol–water partition coefficient (Wildman–Crippen LogP) is 2.34. The molecule has 2 fully saturated rings. The molecule has 4 heteroatoms. The van der Waals surface area contributed by atoms with Gasteiger partial charge in [-0.3, -0.25) is 4.79 Å². The maximum absolute atomic E-state index is 13.0. The monoisotopic (exact) mass is 342 g/mol. The van der Waals surface area contributed by atoms with Crippen LogP contribution in [0.5, 0.6) is 0 Å². The van der Waals surface area contributed by atoms with Crippen molar-refractivity contribution in [1.29, 1.82) is 0 Å². The third kappa shape index (κ3) is 3.61. The second-order valence-electron chi connectivity index (χ2n) is 8.11. The Hall–Kier alpha value is -1.39. The summed E-state index contributed by atoms with van der Waals surface area (Å²) in [4.78, 5) is 17.5. The maximum Gasteiger partial charge on any atom is 0.253 e. The number of aryl methyl sites for hydroxylation is 2. The minimum absolute atomic E-state index is 0.147. The minimum atomic E-state index is 0.147. The molecule has 1 aromatic carbocycles. The molecule has 3 aliphatic rings. The Balaban J connectivity index is 1.42. The van der Waals surface area contributed by atoms with E-state index in [9.17, 15) is 9.90 Å². The smallest absolute Gasteiger partial charge is 0.253 e. The molecule has 2 heterocycles. The van der Waals surface area contributed by atoms with Gasteiger partial charge in [-0.2, -0.15) is 0 Å². The molecular weight excluding hydrogens is 312 g/mol. The molecule has 1 amide bonds. The summed E-state index contributed by atoms with van der Waals surface area (Å²) >= 11 is 0. The molecule has 1 aromatic rings. The van der Waals surface area contributed by atoms with E-state index in [1.807, 2.05) is 11.0 Å². The highest BCUT2D eigenvalue weighted by molar-refractivity contribution is 5.94. The topological polar surface area (TPSA) is 43.8 Å². The van der Waals surface area contributed by atoms with Crippen molar-refractivity contribution in [2.75, 3.05) is 39.3 Å². The van der Waals surface area contributed by atoms with Crippen molar-refractivity contribution in [1.82, 2.24) is 9.80 Å². The zero-order valence-electron chi connectivity index (χ0n) is 15.1. The fraction of sp³-hybridized carbons (Fsp3) is 0.667. The van der Waals surface area contributed by atoms with Gasteiger partial charge in [-0.15, -0.1) is 0 Å². The van der Waals surface area contributed by atoms with Gasteiger partial charge in [-0.25, -0.2) is 0 Å². The summed E-state index contributed by atoms with van der Waals surface area (Å²) in [6.45, 7) is 5.05. The van der Waals surface area contributed by atoms with Gasteiger partial charge in [-0.1, -0.05) is 12.5 Å². The van der Waals surface area contributed by atoms with E-state index < -0.39 is 0 Å². The standard InChI is InChI=1S/C21H30N2O2/c24-15-20-14-23(13-19(20)12-22-9-2-1-3-10-22)21(25)18-8-7-16-5-4-6-17(16)11-18/h7-8,11,19-20,24H,1-6,9-10,12-15H2/t19-,20-/m1/s1. The third-order valence-electron chi connectivity index (χ3n) is 6.39.